The van der Waals surface area contributed by atoms with Gasteiger partial charge < -0.3 is 15.4 Å². The van der Waals surface area contributed by atoms with Crippen LogP contribution in [-0.4, -0.2) is 23.9 Å². The monoisotopic (exact) mass is 445 g/mol. The van der Waals surface area contributed by atoms with Gasteiger partial charge in [0.1, 0.15) is 11.1 Å². The molecule has 1 aliphatic rings. The van der Waals surface area contributed by atoms with Crippen molar-refractivity contribution in [3.05, 3.63) is 44.8 Å². The molecule has 2 N–H and O–H groups in total. The molecule has 156 valence electrons. The molecule has 0 bridgehead atoms. The van der Waals surface area contributed by atoms with E-state index < -0.39 is 18.0 Å². The summed E-state index contributed by atoms with van der Waals surface area (Å²) < 4.78 is 5.41. The standard InChI is InChI=1S/C21H20ClN3O4S/c1-11(19(27)25-14-8-7-13(10-23)16(22)9-14)29-21(28)18-15-5-3-4-6-17(15)30-20(18)24-12(2)26/h7-9,11H,3-6H2,1-2H3,(H,24,26)(H,25,27). The quantitative estimate of drug-likeness (QED) is 0.667. The molecule has 1 aliphatic carbocycles. The van der Waals surface area contributed by atoms with Crippen LogP contribution in [0, 0.1) is 11.3 Å². The smallest absolute Gasteiger partial charge is 0.342 e. The number of carbonyl (C=O) groups is 3. The molecule has 0 radical (unpaired) electrons. The number of nitrogens with one attached hydrogen (secondary N) is 2. The molecule has 0 saturated heterocycles. The molecular formula is C21H20ClN3O4S. The summed E-state index contributed by atoms with van der Waals surface area (Å²) >= 11 is 7.37. The van der Waals surface area contributed by atoms with E-state index in [9.17, 15) is 14.4 Å². The van der Waals surface area contributed by atoms with Crippen LogP contribution in [0.3, 0.4) is 0 Å². The fourth-order valence-corrected chi connectivity index (χ4v) is 4.78. The van der Waals surface area contributed by atoms with Crippen molar-refractivity contribution in [2.75, 3.05) is 10.6 Å². The number of hydrogen-bond donors (Lipinski definition) is 2. The van der Waals surface area contributed by atoms with Gasteiger partial charge in [-0.25, -0.2) is 4.79 Å². The van der Waals surface area contributed by atoms with Crippen molar-refractivity contribution >= 4 is 51.4 Å². The Hall–Kier alpha value is -2.89. The number of esters is 1. The molecule has 1 aromatic carbocycles. The number of carbonyl (C=O) groups excluding carboxylic acids is 3. The molecule has 0 spiro atoms. The average molecular weight is 446 g/mol. The molecule has 2 aromatic rings. The number of fused-ring (bicyclic) bond motifs is 1. The molecule has 3 rings (SSSR count). The third-order valence-corrected chi connectivity index (χ3v) is 6.20. The Labute approximate surface area is 183 Å². The average Bonchev–Trinajstić information content (AvgIpc) is 3.05. The van der Waals surface area contributed by atoms with Gasteiger partial charge in [-0.15, -0.1) is 11.3 Å². The number of ether oxygens (including phenoxy) is 1. The summed E-state index contributed by atoms with van der Waals surface area (Å²) in [6.45, 7) is 2.85. The van der Waals surface area contributed by atoms with E-state index in [2.05, 4.69) is 10.6 Å². The van der Waals surface area contributed by atoms with Crippen molar-refractivity contribution in [2.45, 2.75) is 45.6 Å². The van der Waals surface area contributed by atoms with E-state index in [0.29, 0.717) is 21.8 Å². The number of aryl methyl sites for hydroxylation is 1. The van der Waals surface area contributed by atoms with Crippen molar-refractivity contribution in [1.29, 1.82) is 5.26 Å². The molecule has 1 aromatic heterocycles. The van der Waals surface area contributed by atoms with Crippen LogP contribution in [0.15, 0.2) is 18.2 Å². The summed E-state index contributed by atoms with van der Waals surface area (Å²) in [4.78, 5) is 38.0. The van der Waals surface area contributed by atoms with Gasteiger partial charge in [-0.2, -0.15) is 5.26 Å². The largest absolute Gasteiger partial charge is 0.449 e. The Morgan fingerprint density at radius 2 is 1.97 bits per heavy atom. The first-order chi connectivity index (χ1) is 14.3. The third-order valence-electron chi connectivity index (χ3n) is 4.68. The van der Waals surface area contributed by atoms with Gasteiger partial charge in [0.15, 0.2) is 6.10 Å². The second-order valence-electron chi connectivity index (χ2n) is 6.94. The van der Waals surface area contributed by atoms with Gasteiger partial charge in [-0.3, -0.25) is 9.59 Å². The number of thiophene rings is 1. The minimum atomic E-state index is -1.07. The summed E-state index contributed by atoms with van der Waals surface area (Å²) in [6.07, 6.45) is 2.51. The van der Waals surface area contributed by atoms with Gasteiger partial charge in [0.2, 0.25) is 5.91 Å². The predicted molar refractivity (Wildman–Crippen MR) is 115 cm³/mol. The molecule has 7 nitrogen and oxygen atoms in total. The zero-order chi connectivity index (χ0) is 21.8. The van der Waals surface area contributed by atoms with Gasteiger partial charge in [-0.1, -0.05) is 11.6 Å². The minimum absolute atomic E-state index is 0.213. The van der Waals surface area contributed by atoms with Crippen LogP contribution < -0.4 is 10.6 Å². The topological polar surface area (TPSA) is 108 Å². The molecular weight excluding hydrogens is 426 g/mol. The molecule has 30 heavy (non-hydrogen) atoms. The molecule has 0 aliphatic heterocycles. The van der Waals surface area contributed by atoms with Crippen LogP contribution >= 0.6 is 22.9 Å². The lowest BCUT2D eigenvalue weighted by atomic mass is 9.95. The lowest BCUT2D eigenvalue weighted by Gasteiger charge is -2.16. The number of nitrogens with zero attached hydrogens (tertiary/aromatic N) is 1. The van der Waals surface area contributed by atoms with E-state index in [-0.39, 0.29) is 10.9 Å². The Balaban J connectivity index is 1.74. The normalized spacial score (nSPS) is 13.5. The number of nitriles is 1. The zero-order valence-electron chi connectivity index (χ0n) is 16.5. The molecule has 1 unspecified atom stereocenters. The number of halogens is 1. The van der Waals surface area contributed by atoms with Gasteiger partial charge in [0.05, 0.1) is 16.1 Å². The fourth-order valence-electron chi connectivity index (χ4n) is 3.23. The van der Waals surface area contributed by atoms with Crippen molar-refractivity contribution in [3.8, 4) is 6.07 Å². The highest BCUT2D eigenvalue weighted by atomic mass is 35.5. The minimum Gasteiger partial charge on any atom is -0.449 e. The highest BCUT2D eigenvalue weighted by Gasteiger charge is 2.29. The summed E-state index contributed by atoms with van der Waals surface area (Å²) in [5.74, 6) is -1.45. The Morgan fingerprint density at radius 1 is 1.23 bits per heavy atom. The molecule has 0 fully saturated rings. The number of hydrogen-bond acceptors (Lipinski definition) is 6. The molecule has 0 saturated carbocycles. The van der Waals surface area contributed by atoms with Gasteiger partial charge in [-0.05, 0) is 56.4 Å². The number of anilines is 2. The van der Waals surface area contributed by atoms with Crippen LogP contribution in [0.1, 0.15) is 53.1 Å². The summed E-state index contributed by atoms with van der Waals surface area (Å²) in [7, 11) is 0. The van der Waals surface area contributed by atoms with E-state index in [0.717, 1.165) is 36.1 Å². The number of amides is 2. The van der Waals surface area contributed by atoms with Gasteiger partial charge >= 0.3 is 5.97 Å². The lowest BCUT2D eigenvalue weighted by Crippen LogP contribution is -2.30. The van der Waals surface area contributed by atoms with E-state index in [1.807, 2.05) is 6.07 Å². The SMILES string of the molecule is CC(=O)Nc1sc2c(c1C(=O)OC(C)C(=O)Nc1ccc(C#N)c(Cl)c1)CCCC2. The van der Waals surface area contributed by atoms with Gasteiger partial charge in [0, 0.05) is 17.5 Å². The van der Waals surface area contributed by atoms with Crippen molar-refractivity contribution in [3.63, 3.8) is 0 Å². The maximum Gasteiger partial charge on any atom is 0.342 e. The number of benzene rings is 1. The second-order valence-corrected chi connectivity index (χ2v) is 8.45. The van der Waals surface area contributed by atoms with Crippen LogP contribution in [0.2, 0.25) is 5.02 Å². The summed E-state index contributed by atoms with van der Waals surface area (Å²) in [5, 5.41) is 14.9. The summed E-state index contributed by atoms with van der Waals surface area (Å²) in [5.41, 5.74) is 1.91. The van der Waals surface area contributed by atoms with Crippen LogP contribution in [0.4, 0.5) is 10.7 Å². The number of rotatable bonds is 5. The Kier molecular flexibility index (Phi) is 6.75. The van der Waals surface area contributed by atoms with E-state index in [4.69, 9.17) is 21.6 Å². The predicted octanol–water partition coefficient (Wildman–Crippen LogP) is 4.29. The van der Waals surface area contributed by atoms with Crippen LogP contribution in [-0.2, 0) is 27.2 Å². The first-order valence-electron chi connectivity index (χ1n) is 9.43. The van der Waals surface area contributed by atoms with E-state index in [1.165, 1.54) is 37.3 Å². The Morgan fingerprint density at radius 3 is 2.63 bits per heavy atom. The van der Waals surface area contributed by atoms with E-state index >= 15 is 0 Å². The first-order valence-corrected chi connectivity index (χ1v) is 10.6. The van der Waals surface area contributed by atoms with Crippen LogP contribution in [0.25, 0.3) is 0 Å². The zero-order valence-corrected chi connectivity index (χ0v) is 18.1. The molecule has 1 heterocycles. The first kappa shape index (κ1) is 21.8. The summed E-state index contributed by atoms with van der Waals surface area (Å²) in [6, 6.07) is 6.43. The molecule has 9 heteroatoms. The highest BCUT2D eigenvalue weighted by Crippen LogP contribution is 2.38. The maximum atomic E-state index is 12.9. The highest BCUT2D eigenvalue weighted by molar-refractivity contribution is 7.17. The lowest BCUT2D eigenvalue weighted by molar-refractivity contribution is -0.123. The van der Waals surface area contributed by atoms with Crippen LogP contribution in [0.5, 0.6) is 0 Å². The van der Waals surface area contributed by atoms with Crippen molar-refractivity contribution in [2.24, 2.45) is 0 Å². The van der Waals surface area contributed by atoms with Crippen molar-refractivity contribution in [1.82, 2.24) is 0 Å². The second kappa shape index (κ2) is 9.28. The third kappa shape index (κ3) is 4.81. The Bertz CT molecular complexity index is 1060. The fraction of sp³-hybridized carbons (Fsp3) is 0.333. The molecule has 1 atom stereocenters. The van der Waals surface area contributed by atoms with Gasteiger partial charge in [0.25, 0.3) is 5.91 Å². The van der Waals surface area contributed by atoms with Crippen molar-refractivity contribution < 1.29 is 19.1 Å². The van der Waals surface area contributed by atoms with E-state index in [1.54, 1.807) is 6.07 Å². The molecule has 2 amide bonds. The maximum absolute atomic E-state index is 12.9.